The molecule has 1 aromatic rings. The van der Waals surface area contributed by atoms with Gasteiger partial charge in [0.25, 0.3) is 5.69 Å². The summed E-state index contributed by atoms with van der Waals surface area (Å²) in [5.74, 6) is -2.93. The fraction of sp³-hybridized carbons (Fsp3) is 0.417. The summed E-state index contributed by atoms with van der Waals surface area (Å²) in [5, 5.41) is 10.4. The van der Waals surface area contributed by atoms with Gasteiger partial charge in [-0.3, -0.25) is 10.1 Å². The Morgan fingerprint density at radius 2 is 1.95 bits per heavy atom. The molecule has 20 heavy (non-hydrogen) atoms. The van der Waals surface area contributed by atoms with Gasteiger partial charge < -0.3 is 9.47 Å². The third-order valence-electron chi connectivity index (χ3n) is 2.86. The molecule has 0 bridgehead atoms. The Hall–Kier alpha value is -2.25. The van der Waals surface area contributed by atoms with Crippen molar-refractivity contribution < 1.29 is 28.0 Å². The lowest BCUT2D eigenvalue weighted by molar-refractivity contribution is -0.384. The molecule has 0 unspecified atom stereocenters. The first-order valence-corrected chi connectivity index (χ1v) is 5.83. The zero-order chi connectivity index (χ0) is 14.8. The second-order valence-electron chi connectivity index (χ2n) is 4.54. The molecule has 6 nitrogen and oxygen atoms in total. The molecule has 1 aromatic carbocycles. The monoisotopic (exact) mass is 287 g/mol. The number of rotatable bonds is 4. The van der Waals surface area contributed by atoms with E-state index in [1.807, 2.05) is 0 Å². The fourth-order valence-corrected chi connectivity index (χ4v) is 1.85. The maximum absolute atomic E-state index is 12.5. The Morgan fingerprint density at radius 3 is 2.45 bits per heavy atom. The number of ether oxygens (including phenoxy) is 2. The number of alkyl halides is 2. The Labute approximate surface area is 112 Å². The molecular formula is C12H11F2NO5. The second kappa shape index (κ2) is 5.40. The van der Waals surface area contributed by atoms with Gasteiger partial charge in [0.1, 0.15) is 5.75 Å². The molecule has 0 radical (unpaired) electrons. The number of halogens is 2. The first-order chi connectivity index (χ1) is 9.35. The van der Waals surface area contributed by atoms with Gasteiger partial charge in [-0.25, -0.2) is 13.6 Å². The van der Waals surface area contributed by atoms with Crippen molar-refractivity contribution in [3.05, 3.63) is 34.4 Å². The summed E-state index contributed by atoms with van der Waals surface area (Å²) in [4.78, 5) is 21.1. The lowest BCUT2D eigenvalue weighted by atomic mass is 9.82. The largest absolute Gasteiger partial charge is 0.513 e. The number of carbonyl (C=O) groups is 1. The van der Waals surface area contributed by atoms with Crippen LogP contribution in [0.15, 0.2) is 24.3 Å². The molecule has 0 N–H and O–H groups in total. The van der Waals surface area contributed by atoms with Gasteiger partial charge in [-0.1, -0.05) is 0 Å². The van der Waals surface area contributed by atoms with E-state index in [0.29, 0.717) is 0 Å². The number of non-ortho nitro benzene ring substituents is 1. The summed E-state index contributed by atoms with van der Waals surface area (Å²) in [6, 6.07) is 4.85. The van der Waals surface area contributed by atoms with Crippen molar-refractivity contribution >= 4 is 11.8 Å². The lowest BCUT2D eigenvalue weighted by Gasteiger charge is -2.34. The third-order valence-corrected chi connectivity index (χ3v) is 2.86. The highest BCUT2D eigenvalue weighted by molar-refractivity contribution is 5.64. The van der Waals surface area contributed by atoms with E-state index in [1.54, 1.807) is 0 Å². The number of benzene rings is 1. The van der Waals surface area contributed by atoms with Crippen molar-refractivity contribution in [2.24, 2.45) is 5.92 Å². The zero-order valence-electron chi connectivity index (χ0n) is 10.3. The molecule has 0 aliphatic heterocycles. The van der Waals surface area contributed by atoms with Gasteiger partial charge in [0.05, 0.1) is 11.5 Å². The summed E-state index contributed by atoms with van der Waals surface area (Å²) in [6.07, 6.45) is -1.61. The van der Waals surface area contributed by atoms with Gasteiger partial charge in [-0.15, -0.1) is 0 Å². The van der Waals surface area contributed by atoms with Crippen molar-refractivity contribution in [2.45, 2.75) is 18.8 Å². The third kappa shape index (κ3) is 3.62. The Kier molecular flexibility index (Phi) is 3.82. The standard InChI is InChI=1S/C12H11F2NO5/c13-12(14)5-8(6-12)7-19-11(16)20-10-3-1-9(2-4-10)15(17)18/h1-4,8H,5-7H2. The lowest BCUT2D eigenvalue weighted by Crippen LogP contribution is -2.38. The van der Waals surface area contributed by atoms with E-state index in [9.17, 15) is 23.7 Å². The Balaban J connectivity index is 1.75. The number of nitrogens with zero attached hydrogens (tertiary/aromatic N) is 1. The molecule has 0 saturated heterocycles. The van der Waals surface area contributed by atoms with E-state index in [1.165, 1.54) is 24.3 Å². The molecule has 1 fully saturated rings. The number of nitro groups is 1. The minimum atomic E-state index is -2.66. The molecule has 108 valence electrons. The van der Waals surface area contributed by atoms with Crippen LogP contribution in [0.25, 0.3) is 0 Å². The quantitative estimate of drug-likeness (QED) is 0.368. The topological polar surface area (TPSA) is 78.7 Å². The summed E-state index contributed by atoms with van der Waals surface area (Å²) in [6.45, 7) is -0.124. The molecule has 2 rings (SSSR count). The van der Waals surface area contributed by atoms with E-state index in [0.717, 1.165) is 0 Å². The van der Waals surface area contributed by atoms with Gasteiger partial charge in [0, 0.05) is 30.9 Å². The first kappa shape index (κ1) is 14.2. The predicted octanol–water partition coefficient (Wildman–Crippen LogP) is 3.16. The van der Waals surface area contributed by atoms with Crippen LogP contribution >= 0.6 is 0 Å². The van der Waals surface area contributed by atoms with E-state index < -0.39 is 17.0 Å². The van der Waals surface area contributed by atoms with Crippen molar-refractivity contribution in [3.63, 3.8) is 0 Å². The van der Waals surface area contributed by atoms with E-state index >= 15 is 0 Å². The molecular weight excluding hydrogens is 276 g/mol. The summed E-state index contributed by atoms with van der Waals surface area (Å²) < 4.78 is 34.5. The molecule has 0 aromatic heterocycles. The summed E-state index contributed by atoms with van der Waals surface area (Å²) in [7, 11) is 0. The van der Waals surface area contributed by atoms with Crippen molar-refractivity contribution in [3.8, 4) is 5.75 Å². The van der Waals surface area contributed by atoms with Gasteiger partial charge in [-0.2, -0.15) is 0 Å². The fourth-order valence-electron chi connectivity index (χ4n) is 1.85. The molecule has 0 heterocycles. The molecule has 0 spiro atoms. The van der Waals surface area contributed by atoms with Gasteiger partial charge in [0.2, 0.25) is 5.92 Å². The normalized spacial score (nSPS) is 17.1. The predicted molar refractivity (Wildman–Crippen MR) is 62.7 cm³/mol. The van der Waals surface area contributed by atoms with Crippen LogP contribution in [0.3, 0.4) is 0 Å². The summed E-state index contributed by atoms with van der Waals surface area (Å²) in [5.41, 5.74) is -0.137. The van der Waals surface area contributed by atoms with Crippen molar-refractivity contribution in [1.82, 2.24) is 0 Å². The molecule has 1 saturated carbocycles. The van der Waals surface area contributed by atoms with Crippen LogP contribution in [0.5, 0.6) is 5.75 Å². The Morgan fingerprint density at radius 1 is 1.35 bits per heavy atom. The molecule has 0 atom stereocenters. The average Bonchev–Trinajstić information content (AvgIpc) is 2.34. The van der Waals surface area contributed by atoms with Gasteiger partial charge >= 0.3 is 6.16 Å². The maximum atomic E-state index is 12.5. The average molecular weight is 287 g/mol. The zero-order valence-corrected chi connectivity index (χ0v) is 10.3. The van der Waals surface area contributed by atoms with Crippen LogP contribution < -0.4 is 4.74 Å². The van der Waals surface area contributed by atoms with E-state index in [2.05, 4.69) is 0 Å². The highest BCUT2D eigenvalue weighted by Gasteiger charge is 2.45. The van der Waals surface area contributed by atoms with Crippen LogP contribution in [-0.4, -0.2) is 23.6 Å². The molecule has 0 amide bonds. The summed E-state index contributed by atoms with van der Waals surface area (Å²) >= 11 is 0. The minimum Gasteiger partial charge on any atom is -0.434 e. The van der Waals surface area contributed by atoms with Crippen LogP contribution in [0.4, 0.5) is 19.3 Å². The first-order valence-electron chi connectivity index (χ1n) is 5.83. The number of nitro benzene ring substituents is 1. The molecule has 1 aliphatic carbocycles. The SMILES string of the molecule is O=C(OCC1CC(F)(F)C1)Oc1ccc([N+](=O)[O-])cc1. The van der Waals surface area contributed by atoms with E-state index in [-0.39, 0.29) is 36.8 Å². The molecule has 1 aliphatic rings. The Bertz CT molecular complexity index is 509. The van der Waals surface area contributed by atoms with Gasteiger partial charge in [-0.05, 0) is 12.1 Å². The molecule has 8 heteroatoms. The number of hydrogen-bond acceptors (Lipinski definition) is 5. The van der Waals surface area contributed by atoms with Crippen molar-refractivity contribution in [1.29, 1.82) is 0 Å². The highest BCUT2D eigenvalue weighted by atomic mass is 19.3. The van der Waals surface area contributed by atoms with Gasteiger partial charge in [0.15, 0.2) is 0 Å². The van der Waals surface area contributed by atoms with Crippen LogP contribution in [0, 0.1) is 16.0 Å². The van der Waals surface area contributed by atoms with Crippen LogP contribution in [-0.2, 0) is 4.74 Å². The second-order valence-corrected chi connectivity index (χ2v) is 4.54. The number of hydrogen-bond donors (Lipinski definition) is 0. The maximum Gasteiger partial charge on any atom is 0.513 e. The van der Waals surface area contributed by atoms with Crippen molar-refractivity contribution in [2.75, 3.05) is 6.61 Å². The highest BCUT2D eigenvalue weighted by Crippen LogP contribution is 2.42. The van der Waals surface area contributed by atoms with Crippen LogP contribution in [0.2, 0.25) is 0 Å². The minimum absolute atomic E-state index is 0.0829. The number of carbonyl (C=O) groups excluding carboxylic acids is 1. The van der Waals surface area contributed by atoms with Crippen LogP contribution in [0.1, 0.15) is 12.8 Å². The van der Waals surface area contributed by atoms with E-state index in [4.69, 9.17) is 9.47 Å². The smallest absolute Gasteiger partial charge is 0.434 e.